The van der Waals surface area contributed by atoms with Gasteiger partial charge in [0.1, 0.15) is 0 Å². The molecule has 3 heteroatoms. The quantitative estimate of drug-likeness (QED) is 0.812. The van der Waals surface area contributed by atoms with Crippen molar-refractivity contribution in [2.75, 3.05) is 5.73 Å². The van der Waals surface area contributed by atoms with Crippen molar-refractivity contribution >= 4 is 5.88 Å². The highest BCUT2D eigenvalue weighted by Crippen LogP contribution is 2.49. The van der Waals surface area contributed by atoms with Crippen LogP contribution in [0.5, 0.6) is 0 Å². The van der Waals surface area contributed by atoms with Gasteiger partial charge in [0.15, 0.2) is 0 Å². The molecule has 1 saturated carbocycles. The summed E-state index contributed by atoms with van der Waals surface area (Å²) in [4.78, 5) is 0. The summed E-state index contributed by atoms with van der Waals surface area (Å²) in [7, 11) is 0. The van der Waals surface area contributed by atoms with Crippen molar-refractivity contribution in [3.8, 4) is 0 Å². The molecule has 0 saturated heterocycles. The highest BCUT2D eigenvalue weighted by molar-refractivity contribution is 5.41. The lowest BCUT2D eigenvalue weighted by Gasteiger charge is -2.25. The maximum absolute atomic E-state index is 5.78. The van der Waals surface area contributed by atoms with Gasteiger partial charge in [-0.15, -0.1) is 0 Å². The number of anilines is 1. The molecule has 84 valence electrons. The van der Waals surface area contributed by atoms with E-state index >= 15 is 0 Å². The van der Waals surface area contributed by atoms with Gasteiger partial charge in [0.2, 0.25) is 5.88 Å². The van der Waals surface area contributed by atoms with Crippen molar-refractivity contribution in [2.24, 2.45) is 5.41 Å². The number of hydrogen-bond acceptors (Lipinski definition) is 3. The van der Waals surface area contributed by atoms with E-state index in [0.717, 1.165) is 17.7 Å². The monoisotopic (exact) mass is 208 g/mol. The standard InChI is InChI=1S/C12H20N2O/c1-4-8-10(14-15-11(8)13)9-6-5-7-12(9,2)3/h9H,4-7,13H2,1-3H3. The molecule has 0 aliphatic heterocycles. The number of aromatic nitrogens is 1. The van der Waals surface area contributed by atoms with Crippen LogP contribution in [0.3, 0.4) is 0 Å². The molecule has 1 fully saturated rings. The normalized spacial score (nSPS) is 24.6. The summed E-state index contributed by atoms with van der Waals surface area (Å²) in [5, 5.41) is 4.16. The Hall–Kier alpha value is -0.990. The van der Waals surface area contributed by atoms with Gasteiger partial charge in [-0.05, 0) is 24.7 Å². The van der Waals surface area contributed by atoms with E-state index < -0.39 is 0 Å². The van der Waals surface area contributed by atoms with E-state index in [-0.39, 0.29) is 0 Å². The third-order valence-electron chi connectivity index (χ3n) is 3.79. The minimum Gasteiger partial charge on any atom is -0.367 e. The van der Waals surface area contributed by atoms with Crippen molar-refractivity contribution in [1.82, 2.24) is 5.16 Å². The summed E-state index contributed by atoms with van der Waals surface area (Å²) in [6.45, 7) is 6.73. The second kappa shape index (κ2) is 3.54. The molecule has 1 heterocycles. The first kappa shape index (κ1) is 10.5. The Morgan fingerprint density at radius 3 is 2.80 bits per heavy atom. The molecule has 1 aromatic rings. The van der Waals surface area contributed by atoms with Crippen LogP contribution in [0.25, 0.3) is 0 Å². The lowest BCUT2D eigenvalue weighted by Crippen LogP contribution is -2.17. The molecular weight excluding hydrogens is 188 g/mol. The van der Waals surface area contributed by atoms with Gasteiger partial charge >= 0.3 is 0 Å². The fraction of sp³-hybridized carbons (Fsp3) is 0.750. The van der Waals surface area contributed by atoms with E-state index in [1.807, 2.05) is 0 Å². The van der Waals surface area contributed by atoms with Crippen molar-refractivity contribution < 1.29 is 4.52 Å². The summed E-state index contributed by atoms with van der Waals surface area (Å²) < 4.78 is 5.12. The van der Waals surface area contributed by atoms with Gasteiger partial charge in [-0.3, -0.25) is 0 Å². The van der Waals surface area contributed by atoms with E-state index in [1.165, 1.54) is 19.3 Å². The number of nitrogens with zero attached hydrogens (tertiary/aromatic N) is 1. The van der Waals surface area contributed by atoms with Gasteiger partial charge < -0.3 is 10.3 Å². The molecule has 0 amide bonds. The molecule has 1 aliphatic rings. The van der Waals surface area contributed by atoms with E-state index in [1.54, 1.807) is 0 Å². The minimum absolute atomic E-state index is 0.341. The van der Waals surface area contributed by atoms with Crippen LogP contribution in [0.4, 0.5) is 5.88 Å². The molecule has 3 nitrogen and oxygen atoms in total. The van der Waals surface area contributed by atoms with E-state index in [0.29, 0.717) is 17.2 Å². The summed E-state index contributed by atoms with van der Waals surface area (Å²) >= 11 is 0. The Balaban J connectivity index is 2.37. The van der Waals surface area contributed by atoms with Crippen molar-refractivity contribution in [1.29, 1.82) is 0 Å². The third kappa shape index (κ3) is 1.64. The molecule has 0 bridgehead atoms. The fourth-order valence-corrected chi connectivity index (χ4v) is 2.80. The fourth-order valence-electron chi connectivity index (χ4n) is 2.80. The van der Waals surface area contributed by atoms with Crippen LogP contribution in [-0.4, -0.2) is 5.16 Å². The van der Waals surface area contributed by atoms with E-state index in [9.17, 15) is 0 Å². The zero-order valence-corrected chi connectivity index (χ0v) is 9.84. The lowest BCUT2D eigenvalue weighted by molar-refractivity contribution is 0.313. The molecular formula is C12H20N2O. The number of hydrogen-bond donors (Lipinski definition) is 1. The second-order valence-corrected chi connectivity index (χ2v) is 5.20. The molecule has 2 N–H and O–H groups in total. The highest BCUT2D eigenvalue weighted by atomic mass is 16.5. The van der Waals surface area contributed by atoms with Crippen LogP contribution in [0.2, 0.25) is 0 Å². The molecule has 1 atom stereocenters. The SMILES string of the molecule is CCc1c(C2CCCC2(C)C)noc1N. The number of nitrogens with two attached hydrogens (primary N) is 1. The second-order valence-electron chi connectivity index (χ2n) is 5.20. The first-order chi connectivity index (χ1) is 7.06. The average Bonchev–Trinajstić information content (AvgIpc) is 2.68. The Morgan fingerprint density at radius 2 is 2.27 bits per heavy atom. The highest BCUT2D eigenvalue weighted by Gasteiger charge is 2.38. The number of rotatable bonds is 2. The Morgan fingerprint density at radius 1 is 1.53 bits per heavy atom. The largest absolute Gasteiger partial charge is 0.367 e. The number of nitrogen functional groups attached to an aromatic ring is 1. The van der Waals surface area contributed by atoms with Crippen molar-refractivity contribution in [2.45, 2.75) is 52.4 Å². The van der Waals surface area contributed by atoms with Crippen LogP contribution in [0.1, 0.15) is 57.2 Å². The summed E-state index contributed by atoms with van der Waals surface area (Å²) in [5.74, 6) is 1.03. The summed E-state index contributed by atoms with van der Waals surface area (Å²) in [6, 6.07) is 0. The van der Waals surface area contributed by atoms with E-state index in [2.05, 4.69) is 25.9 Å². The van der Waals surface area contributed by atoms with Crippen LogP contribution in [0, 0.1) is 5.41 Å². The van der Waals surface area contributed by atoms with Gasteiger partial charge in [0.05, 0.1) is 5.69 Å². The molecule has 15 heavy (non-hydrogen) atoms. The summed E-state index contributed by atoms with van der Waals surface area (Å²) in [6.07, 6.45) is 4.68. The topological polar surface area (TPSA) is 52.0 Å². The smallest absolute Gasteiger partial charge is 0.225 e. The van der Waals surface area contributed by atoms with Gasteiger partial charge in [-0.1, -0.05) is 32.3 Å². The maximum atomic E-state index is 5.78. The van der Waals surface area contributed by atoms with Crippen molar-refractivity contribution in [3.05, 3.63) is 11.3 Å². The average molecular weight is 208 g/mol. The zero-order valence-electron chi connectivity index (χ0n) is 9.84. The van der Waals surface area contributed by atoms with Gasteiger partial charge in [-0.2, -0.15) is 0 Å². The van der Waals surface area contributed by atoms with Gasteiger partial charge in [-0.25, -0.2) is 0 Å². The molecule has 1 aliphatic carbocycles. The van der Waals surface area contributed by atoms with Gasteiger partial charge in [0, 0.05) is 11.5 Å². The molecule has 1 unspecified atom stereocenters. The molecule has 1 aromatic heterocycles. The first-order valence-electron chi connectivity index (χ1n) is 5.80. The zero-order chi connectivity index (χ0) is 11.1. The van der Waals surface area contributed by atoms with Crippen molar-refractivity contribution in [3.63, 3.8) is 0 Å². The first-order valence-corrected chi connectivity index (χ1v) is 5.80. The predicted octanol–water partition coefficient (Wildman–Crippen LogP) is 3.11. The maximum Gasteiger partial charge on any atom is 0.225 e. The minimum atomic E-state index is 0.341. The van der Waals surface area contributed by atoms with Crippen LogP contribution >= 0.6 is 0 Å². The molecule has 2 rings (SSSR count). The van der Waals surface area contributed by atoms with Crippen LogP contribution < -0.4 is 5.73 Å². The molecule has 0 aromatic carbocycles. The van der Waals surface area contributed by atoms with Gasteiger partial charge in [0.25, 0.3) is 0 Å². The van der Waals surface area contributed by atoms with Crippen LogP contribution in [0.15, 0.2) is 4.52 Å². The third-order valence-corrected chi connectivity index (χ3v) is 3.79. The Labute approximate surface area is 91.0 Å². The van der Waals surface area contributed by atoms with Crippen LogP contribution in [-0.2, 0) is 6.42 Å². The summed E-state index contributed by atoms with van der Waals surface area (Å²) in [5.41, 5.74) is 8.35. The Kier molecular flexibility index (Phi) is 2.49. The predicted molar refractivity (Wildman–Crippen MR) is 60.7 cm³/mol. The molecule has 0 radical (unpaired) electrons. The lowest BCUT2D eigenvalue weighted by atomic mass is 9.79. The Bertz CT molecular complexity index is 355. The van der Waals surface area contributed by atoms with E-state index in [4.69, 9.17) is 10.3 Å². The molecule has 0 spiro atoms.